The summed E-state index contributed by atoms with van der Waals surface area (Å²) in [5.41, 5.74) is 6.18. The van der Waals surface area contributed by atoms with Crippen LogP contribution in [0.15, 0.2) is 21.1 Å². The lowest BCUT2D eigenvalue weighted by molar-refractivity contribution is 0.270. The largest absolute Gasteiger partial charge is 0.488 e. The van der Waals surface area contributed by atoms with Crippen molar-refractivity contribution in [2.45, 2.75) is 0 Å². The fraction of sp³-hybridized carbons (Fsp3) is 0.250. The second kappa shape index (κ2) is 4.81. The standard InChI is InChI=1S/C8H8Br2FNO/c9-6-3-5(12)4-7(10)8(6)13-2-1-11/h3-4H,1-2,12H2. The molecule has 0 saturated heterocycles. The van der Waals surface area contributed by atoms with Crippen LogP contribution in [0.5, 0.6) is 5.75 Å². The molecule has 5 heteroatoms. The average molecular weight is 313 g/mol. The highest BCUT2D eigenvalue weighted by Crippen LogP contribution is 2.35. The molecule has 0 atom stereocenters. The van der Waals surface area contributed by atoms with Crippen molar-refractivity contribution in [3.05, 3.63) is 21.1 Å². The fourth-order valence-electron chi connectivity index (χ4n) is 0.858. The van der Waals surface area contributed by atoms with E-state index in [0.29, 0.717) is 20.4 Å². The molecular formula is C8H8Br2FNO. The fourth-order valence-corrected chi connectivity index (χ4v) is 2.31. The molecule has 2 N–H and O–H groups in total. The van der Waals surface area contributed by atoms with Gasteiger partial charge in [0.2, 0.25) is 0 Å². The number of ether oxygens (including phenoxy) is 1. The first-order valence-electron chi connectivity index (χ1n) is 3.58. The summed E-state index contributed by atoms with van der Waals surface area (Å²) in [6, 6.07) is 3.41. The molecule has 0 aliphatic heterocycles. The van der Waals surface area contributed by atoms with Crippen LogP contribution in [0.4, 0.5) is 10.1 Å². The molecule has 1 aromatic rings. The molecule has 1 aromatic carbocycles. The molecule has 0 saturated carbocycles. The summed E-state index contributed by atoms with van der Waals surface area (Å²) in [5, 5.41) is 0. The molecule has 0 aromatic heterocycles. The highest BCUT2D eigenvalue weighted by atomic mass is 79.9. The molecule has 0 heterocycles. The van der Waals surface area contributed by atoms with Crippen molar-refractivity contribution in [1.82, 2.24) is 0 Å². The molecule has 2 nitrogen and oxygen atoms in total. The van der Waals surface area contributed by atoms with Gasteiger partial charge in [0.1, 0.15) is 19.0 Å². The van der Waals surface area contributed by atoms with Crippen molar-refractivity contribution in [2.24, 2.45) is 0 Å². The first-order chi connectivity index (χ1) is 6.15. The van der Waals surface area contributed by atoms with E-state index >= 15 is 0 Å². The van der Waals surface area contributed by atoms with E-state index in [2.05, 4.69) is 31.9 Å². The molecule has 72 valence electrons. The van der Waals surface area contributed by atoms with Gasteiger partial charge in [-0.1, -0.05) is 0 Å². The van der Waals surface area contributed by atoms with Crippen LogP contribution < -0.4 is 10.5 Å². The smallest absolute Gasteiger partial charge is 0.147 e. The normalized spacial score (nSPS) is 10.1. The topological polar surface area (TPSA) is 35.2 Å². The zero-order valence-electron chi connectivity index (χ0n) is 6.69. The molecule has 0 aliphatic rings. The summed E-state index contributed by atoms with van der Waals surface area (Å²) < 4.78 is 18.4. The minimum absolute atomic E-state index is 0.0428. The van der Waals surface area contributed by atoms with Crippen LogP contribution in [0, 0.1) is 0 Å². The molecule has 0 amide bonds. The molecule has 0 aliphatic carbocycles. The van der Waals surface area contributed by atoms with Gasteiger partial charge in [0.25, 0.3) is 0 Å². The Bertz CT molecular complexity index is 283. The van der Waals surface area contributed by atoms with Crippen molar-refractivity contribution >= 4 is 37.5 Å². The van der Waals surface area contributed by atoms with Gasteiger partial charge in [0, 0.05) is 5.69 Å². The Morgan fingerprint density at radius 2 is 1.85 bits per heavy atom. The van der Waals surface area contributed by atoms with Gasteiger partial charge in [0.05, 0.1) is 8.95 Å². The summed E-state index contributed by atoms with van der Waals surface area (Å²) in [4.78, 5) is 0. The first kappa shape index (κ1) is 10.8. The minimum Gasteiger partial charge on any atom is -0.488 e. The van der Waals surface area contributed by atoms with E-state index in [-0.39, 0.29) is 6.61 Å². The third-order valence-electron chi connectivity index (χ3n) is 1.34. The highest BCUT2D eigenvalue weighted by Gasteiger charge is 2.07. The second-order valence-electron chi connectivity index (χ2n) is 2.35. The Kier molecular flexibility index (Phi) is 3.99. The van der Waals surface area contributed by atoms with Crippen molar-refractivity contribution in [2.75, 3.05) is 19.0 Å². The number of anilines is 1. The van der Waals surface area contributed by atoms with E-state index in [1.54, 1.807) is 12.1 Å². The molecule has 1 rings (SSSR count). The van der Waals surface area contributed by atoms with E-state index in [4.69, 9.17) is 10.5 Å². The number of nitrogens with two attached hydrogens (primary N) is 1. The van der Waals surface area contributed by atoms with Crippen LogP contribution in [0.3, 0.4) is 0 Å². The lowest BCUT2D eigenvalue weighted by Crippen LogP contribution is -2.00. The van der Waals surface area contributed by atoms with E-state index < -0.39 is 6.67 Å². The molecule has 0 fully saturated rings. The SMILES string of the molecule is Nc1cc(Br)c(OCCF)c(Br)c1. The summed E-state index contributed by atoms with van der Waals surface area (Å²) in [6.45, 7) is -0.468. The Labute approximate surface area is 92.5 Å². The van der Waals surface area contributed by atoms with Gasteiger partial charge < -0.3 is 10.5 Å². The quantitative estimate of drug-likeness (QED) is 0.870. The second-order valence-corrected chi connectivity index (χ2v) is 4.06. The predicted molar refractivity (Wildman–Crippen MR) is 57.7 cm³/mol. The summed E-state index contributed by atoms with van der Waals surface area (Å²) in [5.74, 6) is 0.576. The molecule has 0 spiro atoms. The van der Waals surface area contributed by atoms with Gasteiger partial charge in [-0.05, 0) is 44.0 Å². The van der Waals surface area contributed by atoms with Gasteiger partial charge in [-0.3, -0.25) is 0 Å². The van der Waals surface area contributed by atoms with E-state index in [1.807, 2.05) is 0 Å². The zero-order chi connectivity index (χ0) is 9.84. The number of benzene rings is 1. The number of hydrogen-bond acceptors (Lipinski definition) is 2. The summed E-state index contributed by atoms with van der Waals surface area (Å²) in [6.07, 6.45) is 0. The van der Waals surface area contributed by atoms with Crippen molar-refractivity contribution < 1.29 is 9.13 Å². The van der Waals surface area contributed by atoms with Crippen LogP contribution in [-0.4, -0.2) is 13.3 Å². The highest BCUT2D eigenvalue weighted by molar-refractivity contribution is 9.11. The van der Waals surface area contributed by atoms with Gasteiger partial charge in [-0.2, -0.15) is 0 Å². The lowest BCUT2D eigenvalue weighted by Gasteiger charge is -2.09. The van der Waals surface area contributed by atoms with E-state index in [1.165, 1.54) is 0 Å². The maximum atomic E-state index is 11.8. The Hall–Kier alpha value is -0.290. The maximum absolute atomic E-state index is 11.8. The number of nitrogen functional groups attached to an aromatic ring is 1. The van der Waals surface area contributed by atoms with Crippen LogP contribution in [0.2, 0.25) is 0 Å². The third-order valence-corrected chi connectivity index (χ3v) is 2.52. The predicted octanol–water partition coefficient (Wildman–Crippen LogP) is 3.14. The van der Waals surface area contributed by atoms with Gasteiger partial charge >= 0.3 is 0 Å². The van der Waals surface area contributed by atoms with Gasteiger partial charge in [0.15, 0.2) is 0 Å². The Morgan fingerprint density at radius 3 is 2.31 bits per heavy atom. The van der Waals surface area contributed by atoms with Crippen LogP contribution >= 0.6 is 31.9 Å². The molecule has 0 radical (unpaired) electrons. The van der Waals surface area contributed by atoms with Gasteiger partial charge in [-0.15, -0.1) is 0 Å². The van der Waals surface area contributed by atoms with Crippen LogP contribution in [0.25, 0.3) is 0 Å². The summed E-state index contributed by atoms with van der Waals surface area (Å²) >= 11 is 6.54. The van der Waals surface area contributed by atoms with Crippen LogP contribution in [-0.2, 0) is 0 Å². The average Bonchev–Trinajstić information content (AvgIpc) is 2.02. The number of halogens is 3. The molecule has 13 heavy (non-hydrogen) atoms. The minimum atomic E-state index is -0.511. The van der Waals surface area contributed by atoms with E-state index in [9.17, 15) is 4.39 Å². The first-order valence-corrected chi connectivity index (χ1v) is 5.17. The number of rotatable bonds is 3. The molecular weight excluding hydrogens is 305 g/mol. The number of hydrogen-bond donors (Lipinski definition) is 1. The monoisotopic (exact) mass is 311 g/mol. The van der Waals surface area contributed by atoms with Crippen LogP contribution in [0.1, 0.15) is 0 Å². The Balaban J connectivity index is 2.92. The third kappa shape index (κ3) is 2.84. The molecule has 0 bridgehead atoms. The maximum Gasteiger partial charge on any atom is 0.147 e. The van der Waals surface area contributed by atoms with Gasteiger partial charge in [-0.25, -0.2) is 4.39 Å². The summed E-state index contributed by atoms with van der Waals surface area (Å²) in [7, 11) is 0. The van der Waals surface area contributed by atoms with Crippen molar-refractivity contribution in [3.8, 4) is 5.75 Å². The molecule has 0 unspecified atom stereocenters. The van der Waals surface area contributed by atoms with Crippen molar-refractivity contribution in [1.29, 1.82) is 0 Å². The van der Waals surface area contributed by atoms with Crippen molar-refractivity contribution in [3.63, 3.8) is 0 Å². The lowest BCUT2D eigenvalue weighted by atomic mass is 10.3. The number of alkyl halides is 1. The Morgan fingerprint density at radius 1 is 1.31 bits per heavy atom. The zero-order valence-corrected chi connectivity index (χ0v) is 9.86. The van der Waals surface area contributed by atoms with E-state index in [0.717, 1.165) is 0 Å².